The van der Waals surface area contributed by atoms with Crippen molar-refractivity contribution in [2.45, 2.75) is 12.6 Å². The molecule has 0 radical (unpaired) electrons. The van der Waals surface area contributed by atoms with Gasteiger partial charge in [-0.05, 0) is 35.0 Å². The average molecular weight is 287 g/mol. The van der Waals surface area contributed by atoms with Crippen molar-refractivity contribution in [3.8, 4) is 11.8 Å². The summed E-state index contributed by atoms with van der Waals surface area (Å²) in [7, 11) is 0. The molecule has 2 aromatic rings. The Hall–Kier alpha value is -2.38. The fraction of sp³-hybridized carbons (Fsp3) is 0.133. The molecule has 0 aliphatic rings. The van der Waals surface area contributed by atoms with Crippen LogP contribution in [0.25, 0.3) is 0 Å². The summed E-state index contributed by atoms with van der Waals surface area (Å²) < 4.78 is 5.62. The van der Waals surface area contributed by atoms with Crippen molar-refractivity contribution in [1.29, 1.82) is 5.26 Å². The number of benzene rings is 2. The van der Waals surface area contributed by atoms with Gasteiger partial charge in [0.25, 0.3) is 0 Å². The summed E-state index contributed by atoms with van der Waals surface area (Å²) in [6.45, 7) is 0.255. The Kier molecular flexibility index (Phi) is 4.70. The topological polar surface area (TPSA) is 62.5 Å². The molecule has 1 atom stereocenters. The van der Waals surface area contributed by atoms with E-state index in [9.17, 15) is 4.91 Å². The van der Waals surface area contributed by atoms with E-state index < -0.39 is 6.04 Å². The highest BCUT2D eigenvalue weighted by Gasteiger charge is 2.14. The third-order valence-electron chi connectivity index (χ3n) is 2.79. The lowest BCUT2D eigenvalue weighted by atomic mass is 10.0. The summed E-state index contributed by atoms with van der Waals surface area (Å²) in [4.78, 5) is 10.7. The summed E-state index contributed by atoms with van der Waals surface area (Å²) in [5.41, 5.74) is 1.33. The van der Waals surface area contributed by atoms with Gasteiger partial charge in [-0.3, -0.25) is 0 Å². The van der Waals surface area contributed by atoms with Crippen molar-refractivity contribution in [2.24, 2.45) is 5.18 Å². The molecule has 0 aromatic heterocycles. The minimum atomic E-state index is -1.01. The van der Waals surface area contributed by atoms with Crippen molar-refractivity contribution in [3.05, 3.63) is 69.6 Å². The van der Waals surface area contributed by atoms with E-state index in [1.54, 1.807) is 42.5 Å². The molecule has 1 unspecified atom stereocenters. The van der Waals surface area contributed by atoms with Crippen LogP contribution in [0.1, 0.15) is 17.2 Å². The second-order valence-electron chi connectivity index (χ2n) is 4.08. The second kappa shape index (κ2) is 6.69. The maximum absolute atomic E-state index is 10.7. The molecule has 2 aromatic carbocycles. The minimum absolute atomic E-state index is 0.255. The van der Waals surface area contributed by atoms with Gasteiger partial charge in [0, 0.05) is 10.6 Å². The zero-order valence-electron chi connectivity index (χ0n) is 10.5. The molecule has 0 saturated heterocycles. The summed E-state index contributed by atoms with van der Waals surface area (Å²) >= 11 is 5.79. The van der Waals surface area contributed by atoms with Crippen molar-refractivity contribution in [1.82, 2.24) is 0 Å². The van der Waals surface area contributed by atoms with Gasteiger partial charge >= 0.3 is 0 Å². The number of rotatable bonds is 5. The molecule has 20 heavy (non-hydrogen) atoms. The van der Waals surface area contributed by atoms with Crippen LogP contribution in [0.4, 0.5) is 0 Å². The molecule has 0 aliphatic heterocycles. The predicted octanol–water partition coefficient (Wildman–Crippen LogP) is 4.25. The maximum atomic E-state index is 10.7. The monoisotopic (exact) mass is 286 g/mol. The lowest BCUT2D eigenvalue weighted by Gasteiger charge is -2.11. The van der Waals surface area contributed by atoms with Crippen molar-refractivity contribution in [3.63, 3.8) is 0 Å². The average Bonchev–Trinajstić information content (AvgIpc) is 2.49. The molecule has 0 amide bonds. The third-order valence-corrected chi connectivity index (χ3v) is 3.04. The number of nitriles is 1. The zero-order chi connectivity index (χ0) is 14.4. The van der Waals surface area contributed by atoms with Crippen LogP contribution in [0, 0.1) is 16.2 Å². The SMILES string of the molecule is N#CC(N=O)c1ccccc1COc1ccc(Cl)cc1. The lowest BCUT2D eigenvalue weighted by molar-refractivity contribution is 0.304. The Morgan fingerprint density at radius 3 is 2.55 bits per heavy atom. The minimum Gasteiger partial charge on any atom is -0.489 e. The van der Waals surface area contributed by atoms with Gasteiger partial charge < -0.3 is 4.74 Å². The van der Waals surface area contributed by atoms with E-state index in [1.165, 1.54) is 0 Å². The number of halogens is 1. The number of hydrogen-bond donors (Lipinski definition) is 0. The fourth-order valence-electron chi connectivity index (χ4n) is 1.77. The van der Waals surface area contributed by atoms with E-state index in [4.69, 9.17) is 21.6 Å². The zero-order valence-corrected chi connectivity index (χ0v) is 11.2. The van der Waals surface area contributed by atoms with Crippen molar-refractivity contribution >= 4 is 11.6 Å². The lowest BCUT2D eigenvalue weighted by Crippen LogP contribution is -2.02. The van der Waals surface area contributed by atoms with Crippen LogP contribution >= 0.6 is 11.6 Å². The molecule has 0 heterocycles. The van der Waals surface area contributed by atoms with Gasteiger partial charge in [0.15, 0.2) is 0 Å². The molecule has 0 bridgehead atoms. The molecule has 0 fully saturated rings. The number of nitroso groups, excluding NO2 is 1. The Morgan fingerprint density at radius 2 is 1.90 bits per heavy atom. The van der Waals surface area contributed by atoms with E-state index in [2.05, 4.69) is 5.18 Å². The highest BCUT2D eigenvalue weighted by atomic mass is 35.5. The number of nitrogens with zero attached hydrogens (tertiary/aromatic N) is 2. The first-order valence-corrected chi connectivity index (χ1v) is 6.30. The van der Waals surface area contributed by atoms with Gasteiger partial charge in [-0.1, -0.05) is 35.9 Å². The molecular formula is C15H11ClN2O2. The van der Waals surface area contributed by atoms with Crippen molar-refractivity contribution < 1.29 is 4.74 Å². The molecule has 4 nitrogen and oxygen atoms in total. The van der Waals surface area contributed by atoms with Crippen LogP contribution in [0.2, 0.25) is 5.02 Å². The molecule has 0 N–H and O–H groups in total. The van der Waals surface area contributed by atoms with Gasteiger partial charge in [0.05, 0.1) is 6.07 Å². The predicted molar refractivity (Wildman–Crippen MR) is 76.4 cm³/mol. The standard InChI is InChI=1S/C15H11ClN2O2/c16-12-5-7-13(8-6-12)20-10-11-3-1-2-4-14(11)15(9-17)18-19/h1-8,15H,10H2. The van der Waals surface area contributed by atoms with Gasteiger partial charge in [-0.15, -0.1) is 4.91 Å². The first-order chi connectivity index (χ1) is 9.74. The Balaban J connectivity index is 2.15. The van der Waals surface area contributed by atoms with Crippen LogP contribution in [0.3, 0.4) is 0 Å². The van der Waals surface area contributed by atoms with Crippen LogP contribution < -0.4 is 4.74 Å². The molecule has 0 saturated carbocycles. The maximum Gasteiger partial charge on any atom is 0.203 e. The Morgan fingerprint density at radius 1 is 1.20 bits per heavy atom. The summed E-state index contributed by atoms with van der Waals surface area (Å²) in [6.07, 6.45) is 0. The summed E-state index contributed by atoms with van der Waals surface area (Å²) in [5.74, 6) is 0.664. The van der Waals surface area contributed by atoms with Crippen LogP contribution in [-0.4, -0.2) is 0 Å². The first kappa shape index (κ1) is 14.0. The van der Waals surface area contributed by atoms with E-state index in [0.29, 0.717) is 16.3 Å². The molecule has 0 spiro atoms. The highest BCUT2D eigenvalue weighted by Crippen LogP contribution is 2.23. The van der Waals surface area contributed by atoms with Gasteiger partial charge in [-0.2, -0.15) is 5.26 Å². The normalized spacial score (nSPS) is 11.4. The molecule has 2 rings (SSSR count). The molecule has 0 aliphatic carbocycles. The van der Waals surface area contributed by atoms with E-state index in [0.717, 1.165) is 5.56 Å². The quantitative estimate of drug-likeness (QED) is 0.772. The van der Waals surface area contributed by atoms with E-state index in [1.807, 2.05) is 12.1 Å². The summed E-state index contributed by atoms with van der Waals surface area (Å²) in [6, 6.07) is 14.9. The van der Waals surface area contributed by atoms with Gasteiger partial charge in [0.2, 0.25) is 6.04 Å². The first-order valence-electron chi connectivity index (χ1n) is 5.93. The van der Waals surface area contributed by atoms with Crippen LogP contribution in [-0.2, 0) is 6.61 Å². The highest BCUT2D eigenvalue weighted by molar-refractivity contribution is 6.30. The van der Waals surface area contributed by atoms with E-state index >= 15 is 0 Å². The molecule has 5 heteroatoms. The van der Waals surface area contributed by atoms with Crippen LogP contribution in [0.5, 0.6) is 5.75 Å². The smallest absolute Gasteiger partial charge is 0.203 e. The van der Waals surface area contributed by atoms with E-state index in [-0.39, 0.29) is 6.61 Å². The van der Waals surface area contributed by atoms with Crippen molar-refractivity contribution in [2.75, 3.05) is 0 Å². The summed E-state index contributed by atoms with van der Waals surface area (Å²) in [5, 5.41) is 12.4. The van der Waals surface area contributed by atoms with Crippen LogP contribution in [0.15, 0.2) is 53.7 Å². The third kappa shape index (κ3) is 3.34. The van der Waals surface area contributed by atoms with Gasteiger partial charge in [0.1, 0.15) is 12.4 Å². The van der Waals surface area contributed by atoms with Gasteiger partial charge in [-0.25, -0.2) is 0 Å². The Labute approximate surface area is 121 Å². The second-order valence-corrected chi connectivity index (χ2v) is 4.51. The Bertz CT molecular complexity index is 635. The number of ether oxygens (including phenoxy) is 1. The molecular weight excluding hydrogens is 276 g/mol. The number of hydrogen-bond acceptors (Lipinski definition) is 4. The fourth-order valence-corrected chi connectivity index (χ4v) is 1.90. The largest absolute Gasteiger partial charge is 0.489 e. The molecule has 100 valence electrons.